The van der Waals surface area contributed by atoms with E-state index in [1.54, 1.807) is 24.3 Å². The summed E-state index contributed by atoms with van der Waals surface area (Å²) in [5.41, 5.74) is 7.84. The molecule has 1 amide bonds. The van der Waals surface area contributed by atoms with E-state index in [0.717, 1.165) is 5.69 Å². The van der Waals surface area contributed by atoms with Crippen molar-refractivity contribution in [2.24, 2.45) is 0 Å². The summed E-state index contributed by atoms with van der Waals surface area (Å²) in [6.07, 6.45) is 1.45. The topological polar surface area (TPSA) is 77.2 Å². The van der Waals surface area contributed by atoms with Gasteiger partial charge in [0.2, 0.25) is 0 Å². The predicted molar refractivity (Wildman–Crippen MR) is 79.3 cm³/mol. The van der Waals surface area contributed by atoms with E-state index in [1.807, 2.05) is 6.92 Å². The molecule has 0 saturated carbocycles. The molecule has 2 rings (SSSR count). The summed E-state index contributed by atoms with van der Waals surface area (Å²) < 4.78 is 5.09. The first-order valence-electron chi connectivity index (χ1n) is 5.88. The second-order valence-electron chi connectivity index (χ2n) is 4.22. The zero-order valence-electron chi connectivity index (χ0n) is 11.1. The number of rotatable bonds is 3. The van der Waals surface area contributed by atoms with Gasteiger partial charge in [0.1, 0.15) is 5.75 Å². The molecule has 6 heteroatoms. The number of halogens is 1. The first-order valence-corrected chi connectivity index (χ1v) is 6.26. The molecule has 0 atom stereocenters. The molecule has 0 aliphatic rings. The molecule has 2 aromatic rings. The lowest BCUT2D eigenvalue weighted by molar-refractivity contribution is 0.102. The molecule has 1 aromatic heterocycles. The van der Waals surface area contributed by atoms with Gasteiger partial charge in [0.05, 0.1) is 17.7 Å². The van der Waals surface area contributed by atoms with Crippen molar-refractivity contribution in [1.29, 1.82) is 0 Å². The zero-order valence-corrected chi connectivity index (χ0v) is 11.9. The van der Waals surface area contributed by atoms with E-state index < -0.39 is 0 Å². The van der Waals surface area contributed by atoms with Gasteiger partial charge in [-0.05, 0) is 25.1 Å². The molecule has 1 heterocycles. The third-order valence-electron chi connectivity index (χ3n) is 2.73. The van der Waals surface area contributed by atoms with E-state index in [2.05, 4.69) is 10.3 Å². The Morgan fingerprint density at radius 2 is 2.15 bits per heavy atom. The molecular weight excluding hydrogens is 278 g/mol. The second-order valence-corrected chi connectivity index (χ2v) is 4.62. The van der Waals surface area contributed by atoms with Gasteiger partial charge in [-0.3, -0.25) is 9.78 Å². The molecule has 0 bridgehead atoms. The largest absolute Gasteiger partial charge is 0.495 e. The smallest absolute Gasteiger partial charge is 0.259 e. The standard InChI is InChI=1S/C14H14ClN3O2/c1-8-5-12(16)10(7-17-8)14(19)18-9-3-4-11(15)13(6-9)20-2/h3-7H,1-2H3,(H2,16,17)(H,18,19). The Kier molecular flexibility index (Phi) is 4.10. The van der Waals surface area contributed by atoms with Crippen LogP contribution in [0.4, 0.5) is 11.4 Å². The number of aromatic nitrogens is 1. The van der Waals surface area contributed by atoms with E-state index in [9.17, 15) is 4.79 Å². The van der Waals surface area contributed by atoms with Crippen LogP contribution in [0.5, 0.6) is 5.75 Å². The zero-order chi connectivity index (χ0) is 14.7. The average Bonchev–Trinajstić information content (AvgIpc) is 2.40. The summed E-state index contributed by atoms with van der Waals surface area (Å²) in [6, 6.07) is 6.61. The quantitative estimate of drug-likeness (QED) is 0.911. The van der Waals surface area contributed by atoms with Gasteiger partial charge in [0.15, 0.2) is 0 Å². The Bertz CT molecular complexity index is 659. The Labute approximate surface area is 121 Å². The van der Waals surface area contributed by atoms with Crippen LogP contribution in [-0.2, 0) is 0 Å². The highest BCUT2D eigenvalue weighted by molar-refractivity contribution is 6.32. The predicted octanol–water partition coefficient (Wildman–Crippen LogP) is 2.89. The van der Waals surface area contributed by atoms with Gasteiger partial charge >= 0.3 is 0 Å². The highest BCUT2D eigenvalue weighted by Crippen LogP contribution is 2.27. The summed E-state index contributed by atoms with van der Waals surface area (Å²) in [4.78, 5) is 16.2. The molecule has 0 unspecified atom stereocenters. The summed E-state index contributed by atoms with van der Waals surface area (Å²) in [6.45, 7) is 1.81. The monoisotopic (exact) mass is 291 g/mol. The number of carbonyl (C=O) groups is 1. The van der Waals surface area contributed by atoms with Crippen molar-refractivity contribution in [1.82, 2.24) is 4.98 Å². The van der Waals surface area contributed by atoms with Crippen LogP contribution in [0.2, 0.25) is 5.02 Å². The number of methoxy groups -OCH3 is 1. The first-order chi connectivity index (χ1) is 9.51. The molecule has 0 aliphatic heterocycles. The Hall–Kier alpha value is -2.27. The lowest BCUT2D eigenvalue weighted by atomic mass is 10.2. The van der Waals surface area contributed by atoms with Crippen molar-refractivity contribution < 1.29 is 9.53 Å². The van der Waals surface area contributed by atoms with Crippen LogP contribution >= 0.6 is 11.6 Å². The van der Waals surface area contributed by atoms with Gasteiger partial charge in [-0.1, -0.05) is 11.6 Å². The number of ether oxygens (including phenoxy) is 1. The molecule has 0 aliphatic carbocycles. The number of aryl methyl sites for hydroxylation is 1. The number of nitrogens with one attached hydrogen (secondary N) is 1. The van der Waals surface area contributed by atoms with Crippen LogP contribution in [0.1, 0.15) is 16.1 Å². The van der Waals surface area contributed by atoms with Crippen molar-refractivity contribution in [3.8, 4) is 5.75 Å². The minimum Gasteiger partial charge on any atom is -0.495 e. The van der Waals surface area contributed by atoms with E-state index in [1.165, 1.54) is 13.3 Å². The van der Waals surface area contributed by atoms with E-state index >= 15 is 0 Å². The fourth-order valence-corrected chi connectivity index (χ4v) is 1.90. The number of anilines is 2. The molecular formula is C14H14ClN3O2. The normalized spacial score (nSPS) is 10.2. The van der Waals surface area contributed by atoms with Gasteiger partial charge < -0.3 is 15.8 Å². The van der Waals surface area contributed by atoms with Gasteiger partial charge in [0.25, 0.3) is 5.91 Å². The van der Waals surface area contributed by atoms with Gasteiger partial charge in [0, 0.05) is 29.3 Å². The SMILES string of the molecule is COc1cc(NC(=O)c2cnc(C)cc2N)ccc1Cl. The van der Waals surface area contributed by atoms with Gasteiger partial charge in [-0.25, -0.2) is 0 Å². The number of carbonyl (C=O) groups excluding carboxylic acids is 1. The molecule has 20 heavy (non-hydrogen) atoms. The number of nitrogen functional groups attached to an aromatic ring is 1. The summed E-state index contributed by atoms with van der Waals surface area (Å²) >= 11 is 5.92. The molecule has 0 fully saturated rings. The van der Waals surface area contributed by atoms with Crippen LogP contribution in [0.15, 0.2) is 30.5 Å². The van der Waals surface area contributed by atoms with E-state index in [0.29, 0.717) is 27.7 Å². The van der Waals surface area contributed by atoms with Crippen LogP contribution in [0, 0.1) is 6.92 Å². The maximum Gasteiger partial charge on any atom is 0.259 e. The van der Waals surface area contributed by atoms with Crippen molar-refractivity contribution in [3.63, 3.8) is 0 Å². The number of hydrogen-bond donors (Lipinski definition) is 2. The van der Waals surface area contributed by atoms with Crippen molar-refractivity contribution in [2.75, 3.05) is 18.2 Å². The number of nitrogens with two attached hydrogens (primary N) is 1. The second kappa shape index (κ2) is 5.79. The average molecular weight is 292 g/mol. The minimum absolute atomic E-state index is 0.324. The Morgan fingerprint density at radius 1 is 1.40 bits per heavy atom. The highest BCUT2D eigenvalue weighted by Gasteiger charge is 2.12. The van der Waals surface area contributed by atoms with Gasteiger partial charge in [-0.2, -0.15) is 0 Å². The van der Waals surface area contributed by atoms with Crippen LogP contribution in [0.3, 0.4) is 0 Å². The van der Waals surface area contributed by atoms with Crippen LogP contribution in [0.25, 0.3) is 0 Å². The van der Waals surface area contributed by atoms with E-state index in [-0.39, 0.29) is 5.91 Å². The van der Waals surface area contributed by atoms with Crippen LogP contribution < -0.4 is 15.8 Å². The van der Waals surface area contributed by atoms with Crippen molar-refractivity contribution in [2.45, 2.75) is 6.92 Å². The maximum absolute atomic E-state index is 12.1. The molecule has 1 aromatic carbocycles. The molecule has 0 spiro atoms. The molecule has 0 saturated heterocycles. The molecule has 104 valence electrons. The summed E-state index contributed by atoms with van der Waals surface area (Å²) in [5.74, 6) is 0.152. The lowest BCUT2D eigenvalue weighted by Gasteiger charge is -2.09. The maximum atomic E-state index is 12.1. The number of nitrogens with zero attached hydrogens (tertiary/aromatic N) is 1. The first kappa shape index (κ1) is 14.1. The summed E-state index contributed by atoms with van der Waals surface area (Å²) in [7, 11) is 1.51. The highest BCUT2D eigenvalue weighted by atomic mass is 35.5. The van der Waals surface area contributed by atoms with Crippen molar-refractivity contribution in [3.05, 3.63) is 46.7 Å². The Balaban J connectivity index is 2.23. The molecule has 5 nitrogen and oxygen atoms in total. The fraction of sp³-hybridized carbons (Fsp3) is 0.143. The number of pyridine rings is 1. The lowest BCUT2D eigenvalue weighted by Crippen LogP contribution is -2.14. The fourth-order valence-electron chi connectivity index (χ4n) is 1.71. The molecule has 3 N–H and O–H groups in total. The third kappa shape index (κ3) is 3.00. The number of benzene rings is 1. The van der Waals surface area contributed by atoms with Gasteiger partial charge in [-0.15, -0.1) is 0 Å². The number of amides is 1. The van der Waals surface area contributed by atoms with E-state index in [4.69, 9.17) is 22.1 Å². The Morgan fingerprint density at radius 3 is 2.80 bits per heavy atom. The summed E-state index contributed by atoms with van der Waals surface area (Å²) in [5, 5.41) is 3.20. The minimum atomic E-state index is -0.334. The third-order valence-corrected chi connectivity index (χ3v) is 3.04. The molecule has 0 radical (unpaired) electrons. The van der Waals surface area contributed by atoms with Crippen LogP contribution in [-0.4, -0.2) is 18.0 Å². The van der Waals surface area contributed by atoms with Crippen molar-refractivity contribution >= 4 is 28.9 Å². The number of hydrogen-bond acceptors (Lipinski definition) is 4.